The molecule has 0 spiro atoms. The minimum Gasteiger partial charge on any atom is -0.481 e. The monoisotopic (exact) mass is 320 g/mol. The molecule has 23 heavy (non-hydrogen) atoms. The number of alkyl carbamates (subject to hydrolysis) is 1. The Labute approximate surface area is 136 Å². The second-order valence-electron chi connectivity index (χ2n) is 6.90. The van der Waals surface area contributed by atoms with Crippen molar-refractivity contribution in [3.8, 4) is 0 Å². The number of aliphatic carboxylic acids is 1. The third kappa shape index (κ3) is 4.94. The van der Waals surface area contributed by atoms with Crippen molar-refractivity contribution in [1.29, 1.82) is 0 Å². The number of hydrogen-bond donors (Lipinski definition) is 2. The van der Waals surface area contributed by atoms with Gasteiger partial charge in [0.05, 0.1) is 12.5 Å². The number of amides is 1. The smallest absolute Gasteiger partial charge is 0.408 e. The first-order valence-corrected chi connectivity index (χ1v) is 7.92. The number of aromatic nitrogens is 1. The van der Waals surface area contributed by atoms with Gasteiger partial charge in [0, 0.05) is 17.8 Å². The van der Waals surface area contributed by atoms with Gasteiger partial charge in [-0.25, -0.2) is 4.79 Å². The molecule has 0 radical (unpaired) electrons. The summed E-state index contributed by atoms with van der Waals surface area (Å²) in [5, 5.41) is 12.0. The molecule has 1 aliphatic rings. The molecule has 1 aromatic rings. The zero-order valence-corrected chi connectivity index (χ0v) is 13.8. The Morgan fingerprint density at radius 1 is 1.39 bits per heavy atom. The molecular formula is C17H24N2O4. The lowest BCUT2D eigenvalue weighted by molar-refractivity contribution is -0.137. The van der Waals surface area contributed by atoms with E-state index in [9.17, 15) is 9.59 Å². The molecule has 2 rings (SSSR count). The van der Waals surface area contributed by atoms with Gasteiger partial charge >= 0.3 is 12.1 Å². The summed E-state index contributed by atoms with van der Waals surface area (Å²) in [6.45, 7) is 5.45. The molecule has 6 heteroatoms. The lowest BCUT2D eigenvalue weighted by Gasteiger charge is -2.24. The molecule has 1 aromatic heterocycles. The quantitative estimate of drug-likeness (QED) is 0.833. The van der Waals surface area contributed by atoms with E-state index in [1.165, 1.54) is 0 Å². The molecule has 1 amide bonds. The van der Waals surface area contributed by atoms with Gasteiger partial charge in [0.1, 0.15) is 5.60 Å². The van der Waals surface area contributed by atoms with Crippen LogP contribution in [0.5, 0.6) is 0 Å². The van der Waals surface area contributed by atoms with E-state index in [1.807, 2.05) is 32.9 Å². The van der Waals surface area contributed by atoms with Crippen LogP contribution in [0, 0.1) is 0 Å². The molecule has 0 bridgehead atoms. The zero-order valence-electron chi connectivity index (χ0n) is 13.8. The molecule has 1 aliphatic carbocycles. The van der Waals surface area contributed by atoms with E-state index in [0.29, 0.717) is 0 Å². The van der Waals surface area contributed by atoms with Gasteiger partial charge in [-0.05, 0) is 45.2 Å². The van der Waals surface area contributed by atoms with Crippen molar-refractivity contribution in [3.63, 3.8) is 0 Å². The summed E-state index contributed by atoms with van der Waals surface area (Å²) in [5.41, 5.74) is 1.11. The van der Waals surface area contributed by atoms with Crippen LogP contribution in [-0.2, 0) is 9.53 Å². The normalized spacial score (nSPS) is 21.0. The fourth-order valence-electron chi connectivity index (χ4n) is 2.94. The Morgan fingerprint density at radius 2 is 2.13 bits per heavy atom. The number of ether oxygens (including phenoxy) is 1. The second-order valence-corrected chi connectivity index (χ2v) is 6.90. The Bertz CT molecular complexity index is 580. The predicted octanol–water partition coefficient (Wildman–Crippen LogP) is 3.39. The molecule has 2 N–H and O–H groups in total. The molecule has 6 nitrogen and oxygen atoms in total. The lowest BCUT2D eigenvalue weighted by Crippen LogP contribution is -2.35. The number of hydrogen-bond acceptors (Lipinski definition) is 4. The van der Waals surface area contributed by atoms with Crippen molar-refractivity contribution in [2.45, 2.75) is 64.0 Å². The highest BCUT2D eigenvalue weighted by Crippen LogP contribution is 2.36. The van der Waals surface area contributed by atoms with E-state index in [4.69, 9.17) is 9.84 Å². The number of carboxylic acid groups (broad SMARTS) is 1. The van der Waals surface area contributed by atoms with Crippen LogP contribution in [0.4, 0.5) is 4.79 Å². The van der Waals surface area contributed by atoms with Gasteiger partial charge in [0.25, 0.3) is 0 Å². The fourth-order valence-corrected chi connectivity index (χ4v) is 2.94. The maximum atomic E-state index is 12.1. The Morgan fingerprint density at radius 3 is 2.78 bits per heavy atom. The highest BCUT2D eigenvalue weighted by atomic mass is 16.6. The van der Waals surface area contributed by atoms with Gasteiger partial charge in [-0.3, -0.25) is 9.78 Å². The summed E-state index contributed by atoms with van der Waals surface area (Å²) in [6, 6.07) is 3.52. The zero-order chi connectivity index (χ0) is 17.0. The highest BCUT2D eigenvalue weighted by molar-refractivity contribution is 5.69. The van der Waals surface area contributed by atoms with Crippen LogP contribution < -0.4 is 5.32 Å². The van der Waals surface area contributed by atoms with E-state index in [1.54, 1.807) is 6.20 Å². The average Bonchev–Trinajstić information content (AvgIpc) is 2.57. The summed E-state index contributed by atoms with van der Waals surface area (Å²) in [4.78, 5) is 27.5. The molecule has 2 atom stereocenters. The molecule has 0 fully saturated rings. The van der Waals surface area contributed by atoms with E-state index < -0.39 is 17.7 Å². The number of fused-ring (bicyclic) bond motifs is 1. The first kappa shape index (κ1) is 17.2. The Balaban J connectivity index is 2.21. The standard InChI is InChI=1S/C17H24N2O4/c1-17(2,3)23-16(22)19-13-8-4-6-11(10-14(20)21)15-12(13)7-5-9-18-15/h5,7,9,11,13H,4,6,8,10H2,1-3H3,(H,19,22)(H,20,21)/t11-,13-/m0/s1. The van der Waals surface area contributed by atoms with Crippen LogP contribution in [0.25, 0.3) is 0 Å². The molecule has 1 heterocycles. The number of nitrogens with one attached hydrogen (secondary N) is 1. The Hall–Kier alpha value is -2.11. The third-order valence-electron chi connectivity index (χ3n) is 3.79. The number of pyridine rings is 1. The van der Waals surface area contributed by atoms with Crippen molar-refractivity contribution in [2.75, 3.05) is 0 Å². The van der Waals surface area contributed by atoms with E-state index in [-0.39, 0.29) is 18.4 Å². The summed E-state index contributed by atoms with van der Waals surface area (Å²) in [6.07, 6.45) is 3.59. The average molecular weight is 320 g/mol. The van der Waals surface area contributed by atoms with Gasteiger partial charge in [-0.1, -0.05) is 12.5 Å². The van der Waals surface area contributed by atoms with E-state index in [2.05, 4.69) is 10.3 Å². The molecular weight excluding hydrogens is 296 g/mol. The first-order chi connectivity index (χ1) is 10.8. The maximum absolute atomic E-state index is 12.1. The molecule has 0 aliphatic heterocycles. The van der Waals surface area contributed by atoms with E-state index >= 15 is 0 Å². The number of carbonyl (C=O) groups is 2. The summed E-state index contributed by atoms with van der Waals surface area (Å²) in [7, 11) is 0. The summed E-state index contributed by atoms with van der Waals surface area (Å²) >= 11 is 0. The molecule has 0 unspecified atom stereocenters. The lowest BCUT2D eigenvalue weighted by atomic mass is 9.94. The number of carbonyl (C=O) groups excluding carboxylic acids is 1. The highest BCUT2D eigenvalue weighted by Gasteiger charge is 2.29. The van der Waals surface area contributed by atoms with Crippen molar-refractivity contribution < 1.29 is 19.4 Å². The summed E-state index contributed by atoms with van der Waals surface area (Å²) < 4.78 is 5.32. The largest absolute Gasteiger partial charge is 0.481 e. The van der Waals surface area contributed by atoms with Crippen LogP contribution in [0.15, 0.2) is 18.3 Å². The maximum Gasteiger partial charge on any atom is 0.408 e. The SMILES string of the molecule is CC(C)(C)OC(=O)N[C@H]1CCC[C@@H](CC(=O)O)c2ncccc21. The number of carboxylic acids is 1. The molecule has 0 saturated carbocycles. The Kier molecular flexibility index (Phi) is 5.23. The van der Waals surface area contributed by atoms with Crippen LogP contribution >= 0.6 is 0 Å². The first-order valence-electron chi connectivity index (χ1n) is 7.92. The topological polar surface area (TPSA) is 88.5 Å². The van der Waals surface area contributed by atoms with Gasteiger partial charge in [-0.15, -0.1) is 0 Å². The van der Waals surface area contributed by atoms with E-state index in [0.717, 1.165) is 30.5 Å². The number of rotatable bonds is 3. The second kappa shape index (κ2) is 6.98. The summed E-state index contributed by atoms with van der Waals surface area (Å²) in [5.74, 6) is -0.945. The number of nitrogens with zero attached hydrogens (tertiary/aromatic N) is 1. The van der Waals surface area contributed by atoms with Crippen molar-refractivity contribution in [2.24, 2.45) is 0 Å². The molecule has 0 aromatic carbocycles. The van der Waals surface area contributed by atoms with Crippen LogP contribution in [0.2, 0.25) is 0 Å². The third-order valence-corrected chi connectivity index (χ3v) is 3.79. The van der Waals surface area contributed by atoms with Crippen LogP contribution in [0.1, 0.15) is 69.7 Å². The van der Waals surface area contributed by atoms with Crippen LogP contribution in [0.3, 0.4) is 0 Å². The van der Waals surface area contributed by atoms with Gasteiger partial charge < -0.3 is 15.2 Å². The van der Waals surface area contributed by atoms with Crippen molar-refractivity contribution >= 4 is 12.1 Å². The van der Waals surface area contributed by atoms with Crippen molar-refractivity contribution in [3.05, 3.63) is 29.6 Å². The molecule has 0 saturated heterocycles. The molecule has 126 valence electrons. The van der Waals surface area contributed by atoms with Crippen molar-refractivity contribution in [1.82, 2.24) is 10.3 Å². The van der Waals surface area contributed by atoms with Gasteiger partial charge in [0.15, 0.2) is 0 Å². The van der Waals surface area contributed by atoms with Gasteiger partial charge in [-0.2, -0.15) is 0 Å². The fraction of sp³-hybridized carbons (Fsp3) is 0.588. The predicted molar refractivity (Wildman–Crippen MR) is 85.2 cm³/mol. The van der Waals surface area contributed by atoms with Gasteiger partial charge in [0.2, 0.25) is 0 Å². The minimum atomic E-state index is -0.829. The minimum absolute atomic E-state index is 0.0587. The van der Waals surface area contributed by atoms with Crippen LogP contribution in [-0.4, -0.2) is 27.8 Å².